The number of nitrogens with one attached hydrogen (secondary N) is 2. The summed E-state index contributed by atoms with van der Waals surface area (Å²) in [7, 11) is 1.62. The predicted molar refractivity (Wildman–Crippen MR) is 114 cm³/mol. The van der Waals surface area contributed by atoms with E-state index < -0.39 is 0 Å². The molecule has 0 radical (unpaired) electrons. The number of methoxy groups -OCH3 is 1. The topological polar surface area (TPSA) is 79.4 Å². The van der Waals surface area contributed by atoms with Crippen LogP contribution >= 0.6 is 0 Å². The molecule has 0 unspecified atom stereocenters. The van der Waals surface area contributed by atoms with E-state index in [9.17, 15) is 4.79 Å². The summed E-state index contributed by atoms with van der Waals surface area (Å²) in [6, 6.07) is 23.3. The van der Waals surface area contributed by atoms with Gasteiger partial charge in [0.25, 0.3) is 5.91 Å². The molecule has 0 aliphatic heterocycles. The third kappa shape index (κ3) is 3.87. The number of H-pyrrole nitrogens is 1. The number of hydrogen-bond donors (Lipinski definition) is 2. The second kappa shape index (κ2) is 7.98. The average molecular weight is 384 g/mol. The molecule has 4 aromatic rings. The summed E-state index contributed by atoms with van der Waals surface area (Å²) in [6.45, 7) is 1.83. The summed E-state index contributed by atoms with van der Waals surface area (Å²) in [5.41, 5.74) is 6.19. The van der Waals surface area contributed by atoms with Gasteiger partial charge in [0.1, 0.15) is 11.4 Å². The first-order chi connectivity index (χ1) is 14.2. The Morgan fingerprint density at radius 3 is 2.59 bits per heavy atom. The van der Waals surface area contributed by atoms with E-state index in [4.69, 9.17) is 4.74 Å². The largest absolute Gasteiger partial charge is 0.497 e. The third-order valence-corrected chi connectivity index (χ3v) is 4.72. The molecule has 29 heavy (non-hydrogen) atoms. The van der Waals surface area contributed by atoms with Gasteiger partial charge in [0.05, 0.1) is 18.5 Å². The van der Waals surface area contributed by atoms with Crippen LogP contribution in [-0.2, 0) is 0 Å². The molecular formula is C23H20N4O2. The maximum Gasteiger partial charge on any atom is 0.289 e. The zero-order chi connectivity index (χ0) is 20.2. The van der Waals surface area contributed by atoms with Gasteiger partial charge in [0, 0.05) is 5.56 Å². The molecule has 6 nitrogen and oxygen atoms in total. The van der Waals surface area contributed by atoms with E-state index in [-0.39, 0.29) is 5.91 Å². The van der Waals surface area contributed by atoms with Gasteiger partial charge in [0.15, 0.2) is 0 Å². The molecule has 3 aromatic carbocycles. The van der Waals surface area contributed by atoms with Crippen molar-refractivity contribution in [3.05, 3.63) is 84.1 Å². The molecule has 0 bridgehead atoms. The van der Waals surface area contributed by atoms with Crippen LogP contribution in [0.5, 0.6) is 5.75 Å². The van der Waals surface area contributed by atoms with Crippen molar-refractivity contribution in [1.29, 1.82) is 0 Å². The maximum absolute atomic E-state index is 12.5. The van der Waals surface area contributed by atoms with Crippen LogP contribution in [0.3, 0.4) is 0 Å². The van der Waals surface area contributed by atoms with Crippen LogP contribution in [0.2, 0.25) is 0 Å². The van der Waals surface area contributed by atoms with Crippen molar-refractivity contribution in [2.75, 3.05) is 7.11 Å². The molecule has 0 saturated carbocycles. The molecule has 0 saturated heterocycles. The van der Waals surface area contributed by atoms with E-state index in [0.717, 1.165) is 27.6 Å². The van der Waals surface area contributed by atoms with Gasteiger partial charge in [-0.3, -0.25) is 9.89 Å². The summed E-state index contributed by atoms with van der Waals surface area (Å²) in [6.07, 6.45) is 0. The molecule has 0 aliphatic rings. The normalized spacial score (nSPS) is 11.4. The number of carbonyl (C=O) groups is 1. The fraction of sp³-hybridized carbons (Fsp3) is 0.0870. The number of rotatable bonds is 5. The van der Waals surface area contributed by atoms with Crippen molar-refractivity contribution in [2.45, 2.75) is 6.92 Å². The second-order valence-corrected chi connectivity index (χ2v) is 6.56. The number of fused-ring (bicyclic) bond motifs is 1. The molecule has 0 aliphatic carbocycles. The number of amides is 1. The first-order valence-electron chi connectivity index (χ1n) is 9.18. The van der Waals surface area contributed by atoms with Gasteiger partial charge in [-0.1, -0.05) is 42.5 Å². The first kappa shape index (κ1) is 18.4. The molecule has 0 atom stereocenters. The summed E-state index contributed by atoms with van der Waals surface area (Å²) >= 11 is 0. The first-order valence-corrected chi connectivity index (χ1v) is 9.18. The average Bonchev–Trinajstić information content (AvgIpc) is 3.27. The van der Waals surface area contributed by atoms with E-state index in [1.165, 1.54) is 0 Å². The Morgan fingerprint density at radius 1 is 1.03 bits per heavy atom. The minimum atomic E-state index is -0.350. The van der Waals surface area contributed by atoms with Gasteiger partial charge in [0.2, 0.25) is 0 Å². The molecular weight excluding hydrogens is 364 g/mol. The number of nitrogens with zero attached hydrogens (tertiary/aromatic N) is 2. The standard InChI is InChI=1S/C23H20N4O2/c1-15(16-10-12-18(29-2)13-11-16)24-27-23(28)22-14-21(25-26-22)20-9-5-7-17-6-3-4-8-19(17)20/h3-14H,1-2H3,(H,25,26)(H,27,28)/b24-15+. The second-order valence-electron chi connectivity index (χ2n) is 6.56. The van der Waals surface area contributed by atoms with Crippen LogP contribution in [0.25, 0.3) is 22.0 Å². The van der Waals surface area contributed by atoms with E-state index >= 15 is 0 Å². The number of aromatic nitrogens is 2. The van der Waals surface area contributed by atoms with Crippen LogP contribution in [0, 0.1) is 0 Å². The van der Waals surface area contributed by atoms with Crippen LogP contribution in [0.15, 0.2) is 77.9 Å². The van der Waals surface area contributed by atoms with E-state index in [1.807, 2.05) is 61.5 Å². The van der Waals surface area contributed by atoms with Gasteiger partial charge in [-0.25, -0.2) is 5.43 Å². The summed E-state index contributed by atoms with van der Waals surface area (Å²) in [4.78, 5) is 12.5. The van der Waals surface area contributed by atoms with Crippen LogP contribution in [-0.4, -0.2) is 28.9 Å². The Bertz CT molecular complexity index is 1190. The lowest BCUT2D eigenvalue weighted by atomic mass is 10.0. The predicted octanol–water partition coefficient (Wildman–Crippen LogP) is 4.39. The van der Waals surface area contributed by atoms with Crippen LogP contribution < -0.4 is 10.2 Å². The minimum absolute atomic E-state index is 0.346. The van der Waals surface area contributed by atoms with Crippen molar-refractivity contribution in [2.24, 2.45) is 5.10 Å². The lowest BCUT2D eigenvalue weighted by Crippen LogP contribution is -2.19. The smallest absolute Gasteiger partial charge is 0.289 e. The number of hydrogen-bond acceptors (Lipinski definition) is 4. The van der Waals surface area contributed by atoms with Crippen molar-refractivity contribution in [3.8, 4) is 17.0 Å². The van der Waals surface area contributed by atoms with Crippen molar-refractivity contribution >= 4 is 22.4 Å². The Balaban J connectivity index is 1.52. The van der Waals surface area contributed by atoms with Gasteiger partial charge >= 0.3 is 0 Å². The van der Waals surface area contributed by atoms with Gasteiger partial charge in [-0.15, -0.1) is 0 Å². The van der Waals surface area contributed by atoms with Crippen molar-refractivity contribution in [3.63, 3.8) is 0 Å². The molecule has 144 valence electrons. The molecule has 4 rings (SSSR count). The van der Waals surface area contributed by atoms with Crippen LogP contribution in [0.1, 0.15) is 23.0 Å². The minimum Gasteiger partial charge on any atom is -0.497 e. The summed E-state index contributed by atoms with van der Waals surface area (Å²) in [5, 5.41) is 13.5. The lowest BCUT2D eigenvalue weighted by Gasteiger charge is -2.04. The van der Waals surface area contributed by atoms with E-state index in [2.05, 4.69) is 32.9 Å². The Kier molecular flexibility index (Phi) is 5.07. The zero-order valence-electron chi connectivity index (χ0n) is 16.1. The highest BCUT2D eigenvalue weighted by atomic mass is 16.5. The number of ether oxygens (including phenoxy) is 1. The van der Waals surface area contributed by atoms with Crippen molar-refractivity contribution < 1.29 is 9.53 Å². The van der Waals surface area contributed by atoms with E-state index in [1.54, 1.807) is 13.2 Å². The molecule has 1 heterocycles. The van der Waals surface area contributed by atoms with E-state index in [0.29, 0.717) is 17.1 Å². The Hall–Kier alpha value is -3.93. The summed E-state index contributed by atoms with van der Waals surface area (Å²) < 4.78 is 5.15. The molecule has 1 aromatic heterocycles. The fourth-order valence-corrected chi connectivity index (χ4v) is 3.12. The maximum atomic E-state index is 12.5. The van der Waals surface area contributed by atoms with Gasteiger partial charge < -0.3 is 4.74 Å². The zero-order valence-corrected chi connectivity index (χ0v) is 16.1. The SMILES string of the molecule is COc1ccc(/C(C)=N/NC(=O)c2cc(-c3cccc4ccccc34)n[nH]2)cc1. The number of benzene rings is 3. The van der Waals surface area contributed by atoms with Crippen molar-refractivity contribution in [1.82, 2.24) is 15.6 Å². The molecule has 2 N–H and O–H groups in total. The number of hydrazone groups is 1. The monoisotopic (exact) mass is 384 g/mol. The molecule has 0 fully saturated rings. The molecule has 6 heteroatoms. The highest BCUT2D eigenvalue weighted by molar-refractivity contribution is 6.01. The quantitative estimate of drug-likeness (QED) is 0.396. The number of carbonyl (C=O) groups excluding carboxylic acids is 1. The highest BCUT2D eigenvalue weighted by Crippen LogP contribution is 2.27. The lowest BCUT2D eigenvalue weighted by molar-refractivity contribution is 0.0950. The van der Waals surface area contributed by atoms with Crippen LogP contribution in [0.4, 0.5) is 0 Å². The molecule has 1 amide bonds. The summed E-state index contributed by atoms with van der Waals surface area (Å²) in [5.74, 6) is 0.417. The highest BCUT2D eigenvalue weighted by Gasteiger charge is 2.12. The molecule has 0 spiro atoms. The van der Waals surface area contributed by atoms with Gasteiger partial charge in [-0.05, 0) is 53.6 Å². The Morgan fingerprint density at radius 2 is 1.79 bits per heavy atom. The number of aromatic amines is 1. The van der Waals surface area contributed by atoms with Gasteiger partial charge in [-0.2, -0.15) is 10.2 Å². The third-order valence-electron chi connectivity index (χ3n) is 4.72. The Labute approximate surface area is 168 Å². The fourth-order valence-electron chi connectivity index (χ4n) is 3.12.